The van der Waals surface area contributed by atoms with E-state index in [0.717, 1.165) is 5.69 Å². The number of ether oxygens (including phenoxy) is 1. The Morgan fingerprint density at radius 2 is 2.03 bits per heavy atom. The molecule has 0 unspecified atom stereocenters. The normalized spacial score (nSPS) is 13.5. The topological polar surface area (TPSA) is 131 Å². The Hall–Kier alpha value is -3.87. The summed E-state index contributed by atoms with van der Waals surface area (Å²) < 4.78 is 20.0. The summed E-state index contributed by atoms with van der Waals surface area (Å²) in [5, 5.41) is 18.4. The third-order valence-corrected chi connectivity index (χ3v) is 4.52. The van der Waals surface area contributed by atoms with Crippen LogP contribution in [0.25, 0.3) is 0 Å². The molecular weight excluding hydrogens is 377 g/mol. The molecule has 10 heteroatoms. The van der Waals surface area contributed by atoms with Gasteiger partial charge in [-0.25, -0.2) is 9.18 Å². The predicted octanol–water partition coefficient (Wildman–Crippen LogP) is 1.54. The first-order valence-electron chi connectivity index (χ1n) is 8.88. The van der Waals surface area contributed by atoms with E-state index < -0.39 is 17.9 Å². The first-order chi connectivity index (χ1) is 14.0. The number of guanidine groups is 1. The highest BCUT2D eigenvalue weighted by molar-refractivity contribution is 5.90. The number of nitrogens with two attached hydrogens (primary N) is 1. The fraction of sp³-hybridized carbons (Fsp3) is 0.263. The van der Waals surface area contributed by atoms with E-state index in [4.69, 9.17) is 15.9 Å². The number of carbonyl (C=O) groups excluding carboxylic acids is 1. The molecule has 4 N–H and O–H groups in total. The van der Waals surface area contributed by atoms with Gasteiger partial charge in [0.15, 0.2) is 11.8 Å². The Balaban J connectivity index is 1.74. The van der Waals surface area contributed by atoms with Gasteiger partial charge in [-0.05, 0) is 18.2 Å². The van der Waals surface area contributed by atoms with Crippen molar-refractivity contribution < 1.29 is 13.9 Å². The first kappa shape index (κ1) is 19.9. The number of amides is 1. The Morgan fingerprint density at radius 3 is 2.66 bits per heavy atom. The average Bonchev–Trinajstić information content (AvgIpc) is 2.73. The van der Waals surface area contributed by atoms with Crippen molar-refractivity contribution in [2.45, 2.75) is 6.61 Å². The predicted molar refractivity (Wildman–Crippen MR) is 105 cm³/mol. The molecule has 1 aliphatic rings. The van der Waals surface area contributed by atoms with Gasteiger partial charge >= 0.3 is 6.09 Å². The van der Waals surface area contributed by atoms with Crippen LogP contribution in [0, 0.1) is 22.6 Å². The number of nitrogens with one attached hydrogen (secondary N) is 2. The number of hydrogen-bond acceptors (Lipinski definition) is 7. The minimum absolute atomic E-state index is 0.132. The van der Waals surface area contributed by atoms with E-state index in [1.165, 1.54) is 12.1 Å². The highest BCUT2D eigenvalue weighted by atomic mass is 19.1. The second kappa shape index (κ2) is 8.88. The van der Waals surface area contributed by atoms with Gasteiger partial charge in [-0.15, -0.1) is 0 Å². The van der Waals surface area contributed by atoms with Crippen LogP contribution in [0.4, 0.5) is 20.6 Å². The lowest BCUT2D eigenvalue weighted by Crippen LogP contribution is -2.47. The summed E-state index contributed by atoms with van der Waals surface area (Å²) in [5.74, 6) is -1.17. The third kappa shape index (κ3) is 4.70. The van der Waals surface area contributed by atoms with Crippen molar-refractivity contribution in [2.24, 2.45) is 5.73 Å². The van der Waals surface area contributed by atoms with E-state index in [1.54, 1.807) is 12.4 Å². The molecule has 3 rings (SSSR count). The molecule has 0 spiro atoms. The van der Waals surface area contributed by atoms with Crippen LogP contribution in [-0.4, -0.2) is 43.2 Å². The molecular formula is C19H20FN7O2. The largest absolute Gasteiger partial charge is 0.444 e. The van der Waals surface area contributed by atoms with Crippen LogP contribution < -0.4 is 20.9 Å². The smallest absolute Gasteiger partial charge is 0.414 e. The number of nitrogens with zero attached hydrogens (tertiary/aromatic N) is 4. The molecule has 0 saturated carbocycles. The number of piperazine rings is 1. The number of pyridine rings is 1. The van der Waals surface area contributed by atoms with Crippen molar-refractivity contribution in [2.75, 3.05) is 36.0 Å². The lowest BCUT2D eigenvalue weighted by molar-refractivity contribution is 0.143. The maximum Gasteiger partial charge on any atom is 0.414 e. The first-order valence-corrected chi connectivity index (χ1v) is 8.88. The summed E-state index contributed by atoms with van der Waals surface area (Å²) in [6.07, 6.45) is 2.53. The van der Waals surface area contributed by atoms with Crippen molar-refractivity contribution in [3.63, 3.8) is 0 Å². The molecule has 1 saturated heterocycles. The fourth-order valence-electron chi connectivity index (χ4n) is 3.14. The molecule has 1 fully saturated rings. The summed E-state index contributed by atoms with van der Waals surface area (Å²) in [6, 6.07) is 8.77. The van der Waals surface area contributed by atoms with Crippen LogP contribution in [0.3, 0.4) is 0 Å². The van der Waals surface area contributed by atoms with E-state index in [9.17, 15) is 10.1 Å². The number of benzene rings is 1. The zero-order valence-corrected chi connectivity index (χ0v) is 15.6. The van der Waals surface area contributed by atoms with Gasteiger partial charge in [0.1, 0.15) is 12.7 Å². The van der Waals surface area contributed by atoms with E-state index in [-0.39, 0.29) is 23.4 Å². The summed E-state index contributed by atoms with van der Waals surface area (Å²) in [7, 11) is 0. The Morgan fingerprint density at radius 1 is 1.31 bits per heavy atom. The molecule has 29 heavy (non-hydrogen) atoms. The summed E-state index contributed by atoms with van der Waals surface area (Å²) in [6.45, 7) is 2.00. The Kier molecular flexibility index (Phi) is 6.09. The zero-order valence-electron chi connectivity index (χ0n) is 15.6. The second-order valence-electron chi connectivity index (χ2n) is 6.35. The molecule has 0 aliphatic carbocycles. The molecule has 1 aromatic carbocycles. The Labute approximate surface area is 167 Å². The molecule has 0 atom stereocenters. The molecule has 0 radical (unpaired) electrons. The zero-order chi connectivity index (χ0) is 20.8. The van der Waals surface area contributed by atoms with Gasteiger partial charge in [0.25, 0.3) is 0 Å². The van der Waals surface area contributed by atoms with Crippen LogP contribution >= 0.6 is 0 Å². The summed E-state index contributed by atoms with van der Waals surface area (Å²) in [4.78, 5) is 19.6. The quantitative estimate of drug-likeness (QED) is 0.527. The molecule has 0 bridgehead atoms. The molecule has 2 heterocycles. The van der Waals surface area contributed by atoms with Gasteiger partial charge in [0.05, 0.1) is 23.1 Å². The van der Waals surface area contributed by atoms with Crippen LogP contribution in [0.2, 0.25) is 0 Å². The monoisotopic (exact) mass is 397 g/mol. The van der Waals surface area contributed by atoms with Crippen LogP contribution in [-0.2, 0) is 11.3 Å². The van der Waals surface area contributed by atoms with Crippen LogP contribution in [0.1, 0.15) is 11.1 Å². The van der Waals surface area contributed by atoms with Crippen LogP contribution in [0.5, 0.6) is 0 Å². The number of hydrogen-bond donors (Lipinski definition) is 3. The number of rotatable bonds is 4. The van der Waals surface area contributed by atoms with Gasteiger partial charge in [-0.2, -0.15) is 5.26 Å². The number of alkyl carbamates (subject to hydrolysis) is 1. The molecule has 1 aromatic heterocycles. The Bertz CT molecular complexity index is 938. The number of nitriles is 1. The van der Waals surface area contributed by atoms with Crippen LogP contribution in [0.15, 0.2) is 36.7 Å². The van der Waals surface area contributed by atoms with Gasteiger partial charge in [-0.1, -0.05) is 6.07 Å². The molecule has 1 amide bonds. The van der Waals surface area contributed by atoms with Gasteiger partial charge in [0.2, 0.25) is 0 Å². The highest BCUT2D eigenvalue weighted by Crippen LogP contribution is 2.29. The SMILES string of the molecule is N#Cc1ccc(COC(=O)NC(=N)N)c(F)c1N1CCN(c2cccnc2)CC1. The lowest BCUT2D eigenvalue weighted by atomic mass is 10.1. The second-order valence-corrected chi connectivity index (χ2v) is 6.35. The van der Waals surface area contributed by atoms with Crippen molar-refractivity contribution in [3.8, 4) is 6.07 Å². The standard InChI is InChI=1S/C19H20FN7O2/c20-16-14(12-29-19(28)25-18(22)23)4-3-13(10-21)17(16)27-8-6-26(7-9-27)15-2-1-5-24-11-15/h1-5,11H,6-9,12H2,(H4,22,23,25,28). The van der Waals surface area contributed by atoms with Crippen molar-refractivity contribution in [1.82, 2.24) is 10.3 Å². The van der Waals surface area contributed by atoms with E-state index in [0.29, 0.717) is 26.2 Å². The summed E-state index contributed by atoms with van der Waals surface area (Å²) >= 11 is 0. The van der Waals surface area contributed by atoms with Crippen molar-refractivity contribution >= 4 is 23.4 Å². The van der Waals surface area contributed by atoms with E-state index in [1.807, 2.05) is 28.4 Å². The molecule has 150 valence electrons. The average molecular weight is 397 g/mol. The molecule has 2 aromatic rings. The van der Waals surface area contributed by atoms with Crippen molar-refractivity contribution in [3.05, 3.63) is 53.6 Å². The summed E-state index contributed by atoms with van der Waals surface area (Å²) in [5.41, 5.74) is 6.59. The van der Waals surface area contributed by atoms with E-state index >= 15 is 4.39 Å². The van der Waals surface area contributed by atoms with Gasteiger partial charge in [0, 0.05) is 37.9 Å². The number of halogens is 1. The number of carbonyl (C=O) groups is 1. The molecule has 9 nitrogen and oxygen atoms in total. The lowest BCUT2D eigenvalue weighted by Gasteiger charge is -2.37. The number of anilines is 2. The maximum atomic E-state index is 15.1. The van der Waals surface area contributed by atoms with Gasteiger partial charge < -0.3 is 20.3 Å². The molecule has 1 aliphatic heterocycles. The number of aromatic nitrogens is 1. The third-order valence-electron chi connectivity index (χ3n) is 4.52. The fourth-order valence-corrected chi connectivity index (χ4v) is 3.14. The maximum absolute atomic E-state index is 15.1. The van der Waals surface area contributed by atoms with E-state index in [2.05, 4.69) is 9.88 Å². The highest BCUT2D eigenvalue weighted by Gasteiger charge is 2.24. The van der Waals surface area contributed by atoms with Gasteiger partial charge in [-0.3, -0.25) is 15.7 Å². The minimum Gasteiger partial charge on any atom is -0.444 e. The van der Waals surface area contributed by atoms with Crippen molar-refractivity contribution in [1.29, 1.82) is 10.7 Å². The minimum atomic E-state index is -0.951.